The SMILES string of the molecule is Cc1cc(C(=O)Cn2cnnc2C#N)c(C)n1NC(=O)c1ccccc1. The van der Waals surface area contributed by atoms with E-state index in [0.29, 0.717) is 16.8 Å². The summed E-state index contributed by atoms with van der Waals surface area (Å²) >= 11 is 0. The first-order valence-corrected chi connectivity index (χ1v) is 7.87. The number of aromatic nitrogens is 4. The van der Waals surface area contributed by atoms with Gasteiger partial charge in [-0.25, -0.2) is 0 Å². The summed E-state index contributed by atoms with van der Waals surface area (Å²) in [5, 5.41) is 16.2. The van der Waals surface area contributed by atoms with E-state index in [1.165, 1.54) is 10.9 Å². The molecule has 0 aliphatic heterocycles. The lowest BCUT2D eigenvalue weighted by atomic mass is 10.1. The Bertz CT molecular complexity index is 1010. The van der Waals surface area contributed by atoms with Crippen LogP contribution in [0.25, 0.3) is 0 Å². The van der Waals surface area contributed by atoms with Crippen LogP contribution in [0.4, 0.5) is 0 Å². The van der Waals surface area contributed by atoms with Crippen LogP contribution in [0, 0.1) is 25.2 Å². The first-order chi connectivity index (χ1) is 12.5. The molecule has 1 N–H and O–H groups in total. The monoisotopic (exact) mass is 348 g/mol. The lowest BCUT2D eigenvalue weighted by Crippen LogP contribution is -2.25. The average molecular weight is 348 g/mol. The van der Waals surface area contributed by atoms with E-state index in [-0.39, 0.29) is 24.1 Å². The molecule has 0 radical (unpaired) electrons. The van der Waals surface area contributed by atoms with Gasteiger partial charge in [0.15, 0.2) is 5.78 Å². The Morgan fingerprint density at radius 1 is 1.23 bits per heavy atom. The molecule has 2 aromatic heterocycles. The van der Waals surface area contributed by atoms with Crippen molar-refractivity contribution in [1.29, 1.82) is 5.26 Å². The topological polar surface area (TPSA) is 106 Å². The first kappa shape index (κ1) is 17.1. The number of amides is 1. The first-order valence-electron chi connectivity index (χ1n) is 7.87. The van der Waals surface area contributed by atoms with Gasteiger partial charge in [0.1, 0.15) is 12.4 Å². The lowest BCUT2D eigenvalue weighted by Gasteiger charge is -2.11. The van der Waals surface area contributed by atoms with E-state index in [1.54, 1.807) is 48.9 Å². The zero-order valence-electron chi connectivity index (χ0n) is 14.3. The minimum Gasteiger partial charge on any atom is -0.297 e. The van der Waals surface area contributed by atoms with Crippen molar-refractivity contribution < 1.29 is 9.59 Å². The van der Waals surface area contributed by atoms with E-state index in [0.717, 1.165) is 5.69 Å². The molecule has 130 valence electrons. The van der Waals surface area contributed by atoms with Crippen molar-refractivity contribution in [3.63, 3.8) is 0 Å². The van der Waals surface area contributed by atoms with Crippen molar-refractivity contribution in [2.24, 2.45) is 0 Å². The molecule has 3 aromatic rings. The Morgan fingerprint density at radius 3 is 2.65 bits per heavy atom. The van der Waals surface area contributed by atoms with E-state index in [4.69, 9.17) is 5.26 Å². The summed E-state index contributed by atoms with van der Waals surface area (Å²) in [7, 11) is 0. The van der Waals surface area contributed by atoms with E-state index in [9.17, 15) is 9.59 Å². The number of nitriles is 1. The molecule has 0 spiro atoms. The van der Waals surface area contributed by atoms with Gasteiger partial charge in [-0.15, -0.1) is 10.2 Å². The van der Waals surface area contributed by atoms with Crippen LogP contribution < -0.4 is 5.43 Å². The fourth-order valence-corrected chi connectivity index (χ4v) is 2.67. The number of benzene rings is 1. The van der Waals surface area contributed by atoms with Crippen LogP contribution in [0.3, 0.4) is 0 Å². The van der Waals surface area contributed by atoms with Crippen LogP contribution in [0.15, 0.2) is 42.7 Å². The number of carbonyl (C=O) groups is 2. The number of hydrogen-bond acceptors (Lipinski definition) is 5. The molecule has 0 atom stereocenters. The molecule has 1 aromatic carbocycles. The molecule has 26 heavy (non-hydrogen) atoms. The Balaban J connectivity index is 1.83. The zero-order chi connectivity index (χ0) is 18.7. The quantitative estimate of drug-likeness (QED) is 0.708. The molecule has 0 saturated heterocycles. The highest BCUT2D eigenvalue weighted by Crippen LogP contribution is 2.16. The molecule has 3 rings (SSSR count). The standard InChI is InChI=1S/C18H16N6O2/c1-12-8-15(16(25)10-23-11-20-21-17(23)9-19)13(2)24(12)22-18(26)14-6-4-3-5-7-14/h3-8,11H,10H2,1-2H3,(H,22,26). The van der Waals surface area contributed by atoms with Crippen molar-refractivity contribution in [2.75, 3.05) is 5.43 Å². The van der Waals surface area contributed by atoms with Crippen LogP contribution in [0.2, 0.25) is 0 Å². The molecule has 0 fully saturated rings. The molecule has 8 heteroatoms. The van der Waals surface area contributed by atoms with E-state index < -0.39 is 0 Å². The van der Waals surface area contributed by atoms with Crippen molar-refractivity contribution >= 4 is 11.7 Å². The second kappa shape index (κ2) is 7.03. The molecule has 1 amide bonds. The summed E-state index contributed by atoms with van der Waals surface area (Å²) in [5.74, 6) is -0.392. The van der Waals surface area contributed by atoms with Gasteiger partial charge in [-0.1, -0.05) is 18.2 Å². The fraction of sp³-hybridized carbons (Fsp3) is 0.167. The van der Waals surface area contributed by atoms with E-state index in [2.05, 4.69) is 15.6 Å². The van der Waals surface area contributed by atoms with Gasteiger partial charge >= 0.3 is 0 Å². The Kier molecular flexibility index (Phi) is 4.62. The van der Waals surface area contributed by atoms with Crippen LogP contribution in [-0.4, -0.2) is 31.1 Å². The summed E-state index contributed by atoms with van der Waals surface area (Å²) in [4.78, 5) is 25.0. The summed E-state index contributed by atoms with van der Waals surface area (Å²) in [5.41, 5.74) is 5.12. The molecule has 0 aliphatic rings. The van der Waals surface area contributed by atoms with Crippen molar-refractivity contribution in [2.45, 2.75) is 20.4 Å². The number of ketones is 1. The van der Waals surface area contributed by atoms with Gasteiger partial charge in [-0.2, -0.15) is 5.26 Å². The maximum atomic E-state index is 12.6. The Labute approximate surface area is 149 Å². The van der Waals surface area contributed by atoms with Crippen molar-refractivity contribution in [3.8, 4) is 6.07 Å². The lowest BCUT2D eigenvalue weighted by molar-refractivity contribution is 0.0967. The highest BCUT2D eigenvalue weighted by atomic mass is 16.2. The number of hydrogen-bond donors (Lipinski definition) is 1. The molecule has 0 saturated carbocycles. The van der Waals surface area contributed by atoms with Crippen LogP contribution in [0.1, 0.15) is 37.9 Å². The zero-order valence-corrected chi connectivity index (χ0v) is 14.3. The summed E-state index contributed by atoms with van der Waals surface area (Å²) in [6.45, 7) is 3.50. The molecule has 0 unspecified atom stereocenters. The minimum atomic E-state index is -0.267. The van der Waals surface area contributed by atoms with Crippen LogP contribution in [-0.2, 0) is 6.54 Å². The molecular formula is C18H16N6O2. The van der Waals surface area contributed by atoms with Gasteiger partial charge in [-0.3, -0.25) is 24.3 Å². The summed E-state index contributed by atoms with van der Waals surface area (Å²) in [6, 6.07) is 12.4. The Morgan fingerprint density at radius 2 is 1.96 bits per heavy atom. The Hall–Kier alpha value is -3.73. The molecular weight excluding hydrogens is 332 g/mol. The molecule has 0 bridgehead atoms. The molecule has 0 aliphatic carbocycles. The maximum Gasteiger partial charge on any atom is 0.270 e. The van der Waals surface area contributed by atoms with E-state index in [1.807, 2.05) is 12.1 Å². The second-order valence-electron chi connectivity index (χ2n) is 5.74. The van der Waals surface area contributed by atoms with Crippen molar-refractivity contribution in [3.05, 3.63) is 71.1 Å². The third-order valence-corrected chi connectivity index (χ3v) is 4.01. The predicted molar refractivity (Wildman–Crippen MR) is 93.1 cm³/mol. The number of aryl methyl sites for hydroxylation is 1. The highest BCUT2D eigenvalue weighted by Gasteiger charge is 2.19. The molecule has 2 heterocycles. The van der Waals surface area contributed by atoms with Gasteiger partial charge in [0.25, 0.3) is 5.91 Å². The largest absolute Gasteiger partial charge is 0.297 e. The van der Waals surface area contributed by atoms with Crippen LogP contribution >= 0.6 is 0 Å². The summed E-state index contributed by atoms with van der Waals surface area (Å²) in [6.07, 6.45) is 1.34. The van der Waals surface area contributed by atoms with Crippen LogP contribution in [0.5, 0.6) is 0 Å². The number of nitrogens with one attached hydrogen (secondary N) is 1. The van der Waals surface area contributed by atoms with E-state index >= 15 is 0 Å². The van der Waals surface area contributed by atoms with Crippen molar-refractivity contribution in [1.82, 2.24) is 19.4 Å². The number of Topliss-reactive ketones (excluding diaryl/α,β-unsaturated/α-hetero) is 1. The van der Waals surface area contributed by atoms with Gasteiger partial charge in [0.2, 0.25) is 5.82 Å². The highest BCUT2D eigenvalue weighted by molar-refractivity contribution is 6.01. The maximum absolute atomic E-state index is 12.6. The normalized spacial score (nSPS) is 10.3. The smallest absolute Gasteiger partial charge is 0.270 e. The fourth-order valence-electron chi connectivity index (χ4n) is 2.67. The number of carbonyl (C=O) groups excluding carboxylic acids is 2. The second-order valence-corrected chi connectivity index (χ2v) is 5.74. The summed E-state index contributed by atoms with van der Waals surface area (Å²) < 4.78 is 2.97. The third kappa shape index (κ3) is 3.23. The number of rotatable bonds is 5. The third-order valence-electron chi connectivity index (χ3n) is 4.01. The molecule has 8 nitrogen and oxygen atoms in total. The predicted octanol–water partition coefficient (Wildman–Crippen LogP) is 1.83. The van der Waals surface area contributed by atoms with Gasteiger partial charge in [-0.05, 0) is 32.0 Å². The van der Waals surface area contributed by atoms with Gasteiger partial charge in [0, 0.05) is 22.5 Å². The van der Waals surface area contributed by atoms with Gasteiger partial charge < -0.3 is 0 Å². The number of nitrogens with zero attached hydrogens (tertiary/aromatic N) is 5. The van der Waals surface area contributed by atoms with Gasteiger partial charge in [0.05, 0.1) is 6.54 Å². The average Bonchev–Trinajstić information content (AvgIpc) is 3.21. The minimum absolute atomic E-state index is 0.0488.